The molecular formula is C25H29N3O4. The summed E-state index contributed by atoms with van der Waals surface area (Å²) in [6, 6.07) is 17.2. The van der Waals surface area contributed by atoms with E-state index >= 15 is 0 Å². The highest BCUT2D eigenvalue weighted by Crippen LogP contribution is 2.33. The van der Waals surface area contributed by atoms with E-state index in [4.69, 9.17) is 4.74 Å². The van der Waals surface area contributed by atoms with E-state index in [1.807, 2.05) is 54.6 Å². The fourth-order valence-electron chi connectivity index (χ4n) is 4.28. The number of nitrogens with zero attached hydrogens (tertiary/aromatic N) is 2. The number of rotatable bonds is 6. The Hall–Kier alpha value is -3.35. The molecule has 0 aliphatic carbocycles. The summed E-state index contributed by atoms with van der Waals surface area (Å²) in [5.41, 5.74) is 1.78. The summed E-state index contributed by atoms with van der Waals surface area (Å²) in [6.45, 7) is 3.69. The van der Waals surface area contributed by atoms with Gasteiger partial charge in [-0.15, -0.1) is 0 Å². The Bertz CT molecular complexity index is 970. The molecule has 0 bridgehead atoms. The lowest BCUT2D eigenvalue weighted by Gasteiger charge is -2.34. The summed E-state index contributed by atoms with van der Waals surface area (Å²) < 4.78 is 5.66. The molecule has 2 aliphatic heterocycles. The molecule has 0 saturated carbocycles. The summed E-state index contributed by atoms with van der Waals surface area (Å²) >= 11 is 0. The summed E-state index contributed by atoms with van der Waals surface area (Å²) in [6.07, 6.45) is 0.994. The topological polar surface area (TPSA) is 79.0 Å². The standard InChI is InChI=1S/C25H29N3O4/c1-18-25(31)28(21-9-5-6-10-22(21)32-18)16-13-23(29)27-14-11-20(12-15-27)24(30)26-17-19-7-3-2-4-8-19/h2-10,18,20H,11-17H2,1H3,(H,26,30). The predicted octanol–water partition coefficient (Wildman–Crippen LogP) is 2.75. The Labute approximate surface area is 188 Å². The third-order valence-corrected chi connectivity index (χ3v) is 6.15. The molecular weight excluding hydrogens is 406 g/mol. The number of benzene rings is 2. The van der Waals surface area contributed by atoms with Crippen LogP contribution in [-0.4, -0.2) is 48.4 Å². The van der Waals surface area contributed by atoms with Crippen molar-refractivity contribution in [1.82, 2.24) is 10.2 Å². The molecule has 7 heteroatoms. The van der Waals surface area contributed by atoms with Crippen molar-refractivity contribution in [3.63, 3.8) is 0 Å². The molecule has 1 atom stereocenters. The normalized spacial score (nSPS) is 18.7. The average molecular weight is 436 g/mol. The minimum absolute atomic E-state index is 0.0116. The molecule has 1 fully saturated rings. The third-order valence-electron chi connectivity index (χ3n) is 6.15. The number of ether oxygens (including phenoxy) is 1. The van der Waals surface area contributed by atoms with Crippen molar-refractivity contribution in [1.29, 1.82) is 0 Å². The van der Waals surface area contributed by atoms with Crippen LogP contribution < -0.4 is 15.0 Å². The van der Waals surface area contributed by atoms with Crippen LogP contribution in [0.5, 0.6) is 5.75 Å². The molecule has 2 aromatic rings. The van der Waals surface area contributed by atoms with E-state index in [0.29, 0.717) is 50.5 Å². The molecule has 32 heavy (non-hydrogen) atoms. The van der Waals surface area contributed by atoms with E-state index in [1.165, 1.54) is 0 Å². The minimum Gasteiger partial charge on any atom is -0.479 e. The van der Waals surface area contributed by atoms with Crippen LogP contribution in [0.25, 0.3) is 0 Å². The highest BCUT2D eigenvalue weighted by Gasteiger charge is 2.32. The lowest BCUT2D eigenvalue weighted by atomic mass is 9.95. The molecule has 0 aromatic heterocycles. The molecule has 168 valence electrons. The van der Waals surface area contributed by atoms with Crippen molar-refractivity contribution in [2.24, 2.45) is 5.92 Å². The van der Waals surface area contributed by atoms with Gasteiger partial charge in [-0.25, -0.2) is 0 Å². The van der Waals surface area contributed by atoms with Gasteiger partial charge in [0.15, 0.2) is 6.10 Å². The van der Waals surface area contributed by atoms with Gasteiger partial charge in [0.1, 0.15) is 5.75 Å². The van der Waals surface area contributed by atoms with E-state index in [0.717, 1.165) is 5.56 Å². The van der Waals surface area contributed by atoms with Gasteiger partial charge in [-0.1, -0.05) is 42.5 Å². The predicted molar refractivity (Wildman–Crippen MR) is 121 cm³/mol. The highest BCUT2D eigenvalue weighted by atomic mass is 16.5. The van der Waals surface area contributed by atoms with Crippen molar-refractivity contribution in [3.05, 3.63) is 60.2 Å². The van der Waals surface area contributed by atoms with Crippen LogP contribution in [0, 0.1) is 5.92 Å². The monoisotopic (exact) mass is 435 g/mol. The first-order valence-electron chi connectivity index (χ1n) is 11.2. The number of likely N-dealkylation sites (tertiary alicyclic amines) is 1. The second-order valence-electron chi connectivity index (χ2n) is 8.33. The molecule has 4 rings (SSSR count). The number of para-hydroxylation sites is 2. The molecule has 2 aromatic carbocycles. The molecule has 0 radical (unpaired) electrons. The van der Waals surface area contributed by atoms with Crippen molar-refractivity contribution in [2.45, 2.75) is 38.8 Å². The average Bonchev–Trinajstić information content (AvgIpc) is 2.83. The minimum atomic E-state index is -0.565. The van der Waals surface area contributed by atoms with E-state index in [9.17, 15) is 14.4 Å². The number of carbonyl (C=O) groups is 3. The first kappa shape index (κ1) is 21.9. The molecule has 1 saturated heterocycles. The Morgan fingerprint density at radius 3 is 2.47 bits per heavy atom. The fourth-order valence-corrected chi connectivity index (χ4v) is 4.28. The van der Waals surface area contributed by atoms with Crippen LogP contribution in [0.1, 0.15) is 31.7 Å². The van der Waals surface area contributed by atoms with Gasteiger partial charge >= 0.3 is 0 Å². The number of fused-ring (bicyclic) bond motifs is 1. The molecule has 1 N–H and O–H groups in total. The fraction of sp³-hybridized carbons (Fsp3) is 0.400. The molecule has 0 spiro atoms. The third kappa shape index (κ3) is 4.93. The summed E-state index contributed by atoms with van der Waals surface area (Å²) in [7, 11) is 0. The Morgan fingerprint density at radius 2 is 1.72 bits per heavy atom. The van der Waals surface area contributed by atoms with Gasteiger partial charge in [-0.3, -0.25) is 14.4 Å². The largest absolute Gasteiger partial charge is 0.479 e. The Morgan fingerprint density at radius 1 is 1.03 bits per heavy atom. The van der Waals surface area contributed by atoms with Crippen LogP contribution in [0.4, 0.5) is 5.69 Å². The van der Waals surface area contributed by atoms with Crippen molar-refractivity contribution in [2.75, 3.05) is 24.5 Å². The van der Waals surface area contributed by atoms with E-state index in [1.54, 1.807) is 16.7 Å². The van der Waals surface area contributed by atoms with Crippen molar-refractivity contribution < 1.29 is 19.1 Å². The molecule has 2 aliphatic rings. The van der Waals surface area contributed by atoms with Crippen molar-refractivity contribution >= 4 is 23.4 Å². The zero-order valence-corrected chi connectivity index (χ0v) is 18.3. The summed E-state index contributed by atoms with van der Waals surface area (Å²) in [5, 5.41) is 3.00. The number of carbonyl (C=O) groups excluding carboxylic acids is 3. The first-order valence-corrected chi connectivity index (χ1v) is 11.2. The first-order chi connectivity index (χ1) is 15.5. The lowest BCUT2D eigenvalue weighted by molar-refractivity contribution is -0.135. The van der Waals surface area contributed by atoms with E-state index in [2.05, 4.69) is 5.32 Å². The van der Waals surface area contributed by atoms with Crippen LogP contribution in [0.3, 0.4) is 0 Å². The maximum Gasteiger partial charge on any atom is 0.267 e. The maximum atomic E-state index is 12.8. The van der Waals surface area contributed by atoms with Gasteiger partial charge in [0.2, 0.25) is 11.8 Å². The van der Waals surface area contributed by atoms with Gasteiger partial charge in [-0.2, -0.15) is 0 Å². The van der Waals surface area contributed by atoms with Crippen molar-refractivity contribution in [3.8, 4) is 5.75 Å². The maximum absolute atomic E-state index is 12.8. The number of hydrogen-bond acceptors (Lipinski definition) is 4. The van der Waals surface area contributed by atoms with Gasteiger partial charge in [-0.05, 0) is 37.5 Å². The number of amides is 3. The Kier molecular flexibility index (Phi) is 6.73. The zero-order valence-electron chi connectivity index (χ0n) is 18.3. The van der Waals surface area contributed by atoms with E-state index in [-0.39, 0.29) is 30.1 Å². The smallest absolute Gasteiger partial charge is 0.267 e. The molecule has 3 amide bonds. The quantitative estimate of drug-likeness (QED) is 0.757. The second kappa shape index (κ2) is 9.85. The number of nitrogens with one attached hydrogen (secondary N) is 1. The number of piperidine rings is 1. The SMILES string of the molecule is CC1Oc2ccccc2N(CCC(=O)N2CCC(C(=O)NCc3ccccc3)CC2)C1=O. The summed E-state index contributed by atoms with van der Waals surface area (Å²) in [5.74, 6) is 0.513. The van der Waals surface area contributed by atoms with Gasteiger partial charge < -0.3 is 19.9 Å². The number of hydrogen-bond donors (Lipinski definition) is 1. The molecule has 7 nitrogen and oxygen atoms in total. The number of anilines is 1. The zero-order chi connectivity index (χ0) is 22.5. The van der Waals surface area contributed by atoms with Gasteiger partial charge in [0.25, 0.3) is 5.91 Å². The Balaban J connectivity index is 1.25. The second-order valence-corrected chi connectivity index (χ2v) is 8.33. The van der Waals surface area contributed by atoms with Crippen LogP contribution in [0.15, 0.2) is 54.6 Å². The highest BCUT2D eigenvalue weighted by molar-refractivity contribution is 6.00. The van der Waals surface area contributed by atoms with Crippen LogP contribution >= 0.6 is 0 Å². The molecule has 1 unspecified atom stereocenters. The summed E-state index contributed by atoms with van der Waals surface area (Å²) in [4.78, 5) is 41.3. The van der Waals surface area contributed by atoms with Crippen LogP contribution in [0.2, 0.25) is 0 Å². The molecule has 2 heterocycles. The van der Waals surface area contributed by atoms with Gasteiger partial charge in [0.05, 0.1) is 5.69 Å². The lowest BCUT2D eigenvalue weighted by Crippen LogP contribution is -2.47. The van der Waals surface area contributed by atoms with E-state index < -0.39 is 6.10 Å². The van der Waals surface area contributed by atoms with Gasteiger partial charge in [0, 0.05) is 38.5 Å². The van der Waals surface area contributed by atoms with Crippen LogP contribution in [-0.2, 0) is 20.9 Å².